The van der Waals surface area contributed by atoms with Gasteiger partial charge >= 0.3 is 0 Å². The normalized spacial score (nSPS) is 21.4. The first-order valence-corrected chi connectivity index (χ1v) is 10.4. The third-order valence-electron chi connectivity index (χ3n) is 6.06. The maximum Gasteiger partial charge on any atom is 0.244 e. The van der Waals surface area contributed by atoms with E-state index in [1.807, 2.05) is 30.7 Å². The fraction of sp³-hybridized carbons (Fsp3) is 0.524. The second-order valence-corrected chi connectivity index (χ2v) is 7.88. The lowest BCUT2D eigenvalue weighted by atomic mass is 9.95. The molecule has 3 aromatic rings. The first kappa shape index (κ1) is 17.6. The molecule has 4 heterocycles. The minimum absolute atomic E-state index is 0.166. The molecule has 0 N–H and O–H groups in total. The van der Waals surface area contributed by atoms with E-state index in [0.717, 1.165) is 31.6 Å². The Morgan fingerprint density at radius 3 is 2.86 bits per heavy atom. The molecule has 28 heavy (non-hydrogen) atoms. The highest BCUT2D eigenvalue weighted by molar-refractivity contribution is 5.47. The zero-order valence-electron chi connectivity index (χ0n) is 16.1. The van der Waals surface area contributed by atoms with Crippen LogP contribution in [0.1, 0.15) is 68.6 Å². The Morgan fingerprint density at radius 2 is 2.00 bits per heavy atom. The lowest BCUT2D eigenvalue weighted by molar-refractivity contribution is 0.194. The molecule has 0 amide bonds. The summed E-state index contributed by atoms with van der Waals surface area (Å²) in [5.74, 6) is 1.26. The highest BCUT2D eigenvalue weighted by Crippen LogP contribution is 2.34. The Hall–Kier alpha value is -2.54. The zero-order chi connectivity index (χ0) is 18.8. The van der Waals surface area contributed by atoms with Crippen molar-refractivity contribution >= 4 is 0 Å². The molecule has 1 atom stereocenters. The van der Waals surface area contributed by atoms with E-state index in [9.17, 15) is 0 Å². The maximum absolute atomic E-state index is 5.63. The molecule has 1 unspecified atom stereocenters. The largest absolute Gasteiger partial charge is 0.337 e. The molecule has 3 aromatic heterocycles. The van der Waals surface area contributed by atoms with E-state index in [2.05, 4.69) is 29.6 Å². The molecular weight excluding hydrogens is 352 g/mol. The summed E-state index contributed by atoms with van der Waals surface area (Å²) in [6.45, 7) is 1.92. The Bertz CT molecular complexity index is 899. The van der Waals surface area contributed by atoms with Crippen LogP contribution in [0.5, 0.6) is 0 Å². The third-order valence-corrected chi connectivity index (χ3v) is 6.06. The van der Waals surface area contributed by atoms with E-state index in [4.69, 9.17) is 4.52 Å². The van der Waals surface area contributed by atoms with Crippen molar-refractivity contribution in [1.29, 1.82) is 0 Å². The van der Waals surface area contributed by atoms with Crippen LogP contribution in [-0.4, -0.2) is 36.1 Å². The lowest BCUT2D eigenvalue weighted by Crippen LogP contribution is -2.25. The summed E-state index contributed by atoms with van der Waals surface area (Å²) in [6.07, 6.45) is 14.5. The number of imidazole rings is 1. The highest BCUT2D eigenvalue weighted by Gasteiger charge is 2.32. The van der Waals surface area contributed by atoms with Crippen molar-refractivity contribution in [2.24, 2.45) is 0 Å². The first-order valence-electron chi connectivity index (χ1n) is 10.4. The summed E-state index contributed by atoms with van der Waals surface area (Å²) < 4.78 is 8.04. The zero-order valence-corrected chi connectivity index (χ0v) is 16.1. The number of likely N-dealkylation sites (tertiary alicyclic amines) is 1. The Labute approximate surface area is 164 Å². The fourth-order valence-electron chi connectivity index (χ4n) is 4.62. The Morgan fingerprint density at radius 1 is 1.07 bits per heavy atom. The molecule has 0 aromatic carbocycles. The van der Waals surface area contributed by atoms with Gasteiger partial charge < -0.3 is 9.09 Å². The van der Waals surface area contributed by atoms with E-state index in [1.54, 1.807) is 6.20 Å². The topological polar surface area (TPSA) is 72.9 Å². The number of hydrogen-bond acceptors (Lipinski definition) is 6. The van der Waals surface area contributed by atoms with Gasteiger partial charge in [0.1, 0.15) is 5.69 Å². The van der Waals surface area contributed by atoms with Gasteiger partial charge in [0.25, 0.3) is 0 Å². The molecule has 0 bridgehead atoms. The maximum atomic E-state index is 5.63. The Kier molecular flexibility index (Phi) is 4.91. The Balaban J connectivity index is 1.33. The SMILES string of the molecule is c1ccc(-c2noc(C3CCCN3Cc3cncn3C3CCCCC3)n2)nc1. The van der Waals surface area contributed by atoms with Gasteiger partial charge in [-0.25, -0.2) is 4.98 Å². The van der Waals surface area contributed by atoms with Crippen molar-refractivity contribution < 1.29 is 4.52 Å². The third kappa shape index (κ3) is 3.46. The summed E-state index contributed by atoms with van der Waals surface area (Å²) in [7, 11) is 0. The lowest BCUT2D eigenvalue weighted by Gasteiger charge is -2.27. The van der Waals surface area contributed by atoms with Crippen LogP contribution < -0.4 is 0 Å². The van der Waals surface area contributed by atoms with E-state index in [-0.39, 0.29) is 6.04 Å². The molecule has 0 spiro atoms. The molecule has 1 aliphatic heterocycles. The van der Waals surface area contributed by atoms with Crippen molar-refractivity contribution in [3.05, 3.63) is 48.5 Å². The van der Waals surface area contributed by atoms with Crippen molar-refractivity contribution in [2.75, 3.05) is 6.54 Å². The predicted octanol–water partition coefficient (Wildman–Crippen LogP) is 4.17. The molecule has 1 saturated carbocycles. The summed E-state index contributed by atoms with van der Waals surface area (Å²) in [5, 5.41) is 4.16. The van der Waals surface area contributed by atoms with Gasteiger partial charge in [-0.15, -0.1) is 0 Å². The van der Waals surface area contributed by atoms with Crippen LogP contribution in [0.2, 0.25) is 0 Å². The van der Waals surface area contributed by atoms with Crippen LogP contribution in [0.3, 0.4) is 0 Å². The second kappa shape index (κ2) is 7.83. The minimum Gasteiger partial charge on any atom is -0.337 e. The highest BCUT2D eigenvalue weighted by atomic mass is 16.5. The molecule has 7 nitrogen and oxygen atoms in total. The fourth-order valence-corrected chi connectivity index (χ4v) is 4.62. The summed E-state index contributed by atoms with van der Waals surface area (Å²) in [6, 6.07) is 6.50. The summed E-state index contributed by atoms with van der Waals surface area (Å²) >= 11 is 0. The average Bonchev–Trinajstić information content (AvgIpc) is 3.50. The summed E-state index contributed by atoms with van der Waals surface area (Å²) in [5.41, 5.74) is 2.04. The monoisotopic (exact) mass is 378 g/mol. The van der Waals surface area contributed by atoms with Crippen LogP contribution in [0, 0.1) is 0 Å². The average molecular weight is 378 g/mol. The van der Waals surface area contributed by atoms with Gasteiger partial charge in [0, 0.05) is 25.0 Å². The molecule has 146 valence electrons. The molecule has 7 heteroatoms. The number of nitrogens with zero attached hydrogens (tertiary/aromatic N) is 6. The van der Waals surface area contributed by atoms with Crippen LogP contribution in [0.15, 0.2) is 41.4 Å². The predicted molar refractivity (Wildman–Crippen MR) is 104 cm³/mol. The smallest absolute Gasteiger partial charge is 0.244 e. The van der Waals surface area contributed by atoms with Gasteiger partial charge in [-0.1, -0.05) is 30.5 Å². The van der Waals surface area contributed by atoms with Gasteiger partial charge in [0.05, 0.1) is 18.1 Å². The molecule has 5 rings (SSSR count). The van der Waals surface area contributed by atoms with Gasteiger partial charge in [-0.2, -0.15) is 4.98 Å². The molecule has 1 saturated heterocycles. The molecule has 0 radical (unpaired) electrons. The van der Waals surface area contributed by atoms with Gasteiger partial charge in [0.15, 0.2) is 0 Å². The number of hydrogen-bond donors (Lipinski definition) is 0. The van der Waals surface area contributed by atoms with Crippen molar-refractivity contribution in [3.63, 3.8) is 0 Å². The molecule has 2 aliphatic rings. The first-order chi connectivity index (χ1) is 13.9. The van der Waals surface area contributed by atoms with Crippen LogP contribution in [0.25, 0.3) is 11.5 Å². The van der Waals surface area contributed by atoms with E-state index in [1.165, 1.54) is 37.8 Å². The van der Waals surface area contributed by atoms with Gasteiger partial charge in [0.2, 0.25) is 11.7 Å². The van der Waals surface area contributed by atoms with E-state index >= 15 is 0 Å². The second-order valence-electron chi connectivity index (χ2n) is 7.88. The van der Waals surface area contributed by atoms with Crippen LogP contribution in [0.4, 0.5) is 0 Å². The van der Waals surface area contributed by atoms with Crippen molar-refractivity contribution in [2.45, 2.75) is 63.6 Å². The molecular formula is C21H26N6O. The van der Waals surface area contributed by atoms with Crippen molar-refractivity contribution in [3.8, 4) is 11.5 Å². The minimum atomic E-state index is 0.166. The molecule has 2 fully saturated rings. The quantitative estimate of drug-likeness (QED) is 0.663. The van der Waals surface area contributed by atoms with E-state index < -0.39 is 0 Å². The van der Waals surface area contributed by atoms with Gasteiger partial charge in [-0.05, 0) is 44.4 Å². The number of pyridine rings is 1. The van der Waals surface area contributed by atoms with Crippen molar-refractivity contribution in [1.82, 2.24) is 29.6 Å². The van der Waals surface area contributed by atoms with Gasteiger partial charge in [-0.3, -0.25) is 9.88 Å². The molecule has 1 aliphatic carbocycles. The number of aromatic nitrogens is 5. The standard InChI is InChI=1S/C21H26N6O/c1-2-7-16(8-3-1)27-15-22-13-17(27)14-26-12-6-10-19(26)21-24-20(25-28-21)18-9-4-5-11-23-18/h4-5,9,11,13,15-16,19H,1-3,6-8,10,12,14H2. The van der Waals surface area contributed by atoms with Crippen LogP contribution in [-0.2, 0) is 6.54 Å². The van der Waals surface area contributed by atoms with Crippen LogP contribution >= 0.6 is 0 Å². The summed E-state index contributed by atoms with van der Waals surface area (Å²) in [4.78, 5) is 15.9. The number of rotatable bonds is 5. The van der Waals surface area contributed by atoms with E-state index in [0.29, 0.717) is 17.8 Å².